The molecule has 5 rings (SSSR count). The fourth-order valence-electron chi connectivity index (χ4n) is 7.44. The molecule has 0 radical (unpaired) electrons. The fraction of sp³-hybridized carbons (Fsp3) is 0.757. The monoisotopic (exact) mass is 637 g/mol. The molecule has 46 heavy (non-hydrogen) atoms. The number of carbonyl (C=O) groups excluding carboxylic acids is 2. The maximum absolute atomic E-state index is 12.2. The number of nitrogens with zero attached hydrogens (tertiary/aromatic N) is 4. The lowest BCUT2D eigenvalue weighted by atomic mass is 9.79. The summed E-state index contributed by atoms with van der Waals surface area (Å²) in [7, 11) is 0. The molecule has 0 atom stereocenters. The lowest BCUT2D eigenvalue weighted by molar-refractivity contribution is 0.0142. The minimum Gasteiger partial charge on any atom is -0.444 e. The van der Waals surface area contributed by atoms with E-state index in [1.165, 1.54) is 31.4 Å². The van der Waals surface area contributed by atoms with E-state index in [1.807, 2.05) is 63.5 Å². The van der Waals surface area contributed by atoms with E-state index >= 15 is 0 Å². The molecule has 9 nitrogen and oxygen atoms in total. The normalized spacial score (nSPS) is 21.2. The molecule has 4 heterocycles. The number of hydrogen-bond acceptors (Lipinski definition) is 6. The first-order valence-corrected chi connectivity index (χ1v) is 17.7. The van der Waals surface area contributed by atoms with Crippen LogP contribution in [-0.4, -0.2) is 85.5 Å². The Morgan fingerprint density at radius 2 is 1.02 bits per heavy atom. The van der Waals surface area contributed by atoms with Crippen molar-refractivity contribution in [3.63, 3.8) is 0 Å². The number of anilines is 1. The summed E-state index contributed by atoms with van der Waals surface area (Å²) < 4.78 is 10.9. The highest BCUT2D eigenvalue weighted by molar-refractivity contribution is 5.68. The van der Waals surface area contributed by atoms with Crippen molar-refractivity contribution in [2.45, 2.75) is 104 Å². The molecule has 4 aliphatic rings. The van der Waals surface area contributed by atoms with Crippen LogP contribution in [0.5, 0.6) is 0 Å². The van der Waals surface area contributed by atoms with Crippen molar-refractivity contribution in [1.82, 2.24) is 15.1 Å². The Bertz CT molecular complexity index is 1140. The van der Waals surface area contributed by atoms with Crippen LogP contribution in [0.3, 0.4) is 0 Å². The first-order chi connectivity index (χ1) is 21.8. The van der Waals surface area contributed by atoms with Gasteiger partial charge in [-0.15, -0.1) is 0 Å². The van der Waals surface area contributed by atoms with Crippen molar-refractivity contribution in [1.29, 1.82) is 0 Å². The van der Waals surface area contributed by atoms with Gasteiger partial charge in [-0.05, 0) is 142 Å². The van der Waals surface area contributed by atoms with E-state index in [0.29, 0.717) is 5.69 Å². The van der Waals surface area contributed by atoms with Crippen LogP contribution in [0.1, 0.15) is 92.9 Å². The molecule has 4 fully saturated rings. The van der Waals surface area contributed by atoms with Gasteiger partial charge < -0.3 is 29.5 Å². The molecule has 2 amide bonds. The SMILES string of the molecule is CC(C)(C)OC(=O)N1CCC(C2CCNCC2)CC1.[C-]#[N+]c1ccc(N2CCC(C3CCN(C(=O)OC(C)(C)C)CC3)CC2)cc1. The highest BCUT2D eigenvalue weighted by Gasteiger charge is 2.33. The summed E-state index contributed by atoms with van der Waals surface area (Å²) in [5, 5.41) is 3.42. The van der Waals surface area contributed by atoms with Crippen molar-refractivity contribution in [2.75, 3.05) is 57.3 Å². The quantitative estimate of drug-likeness (QED) is 0.342. The molecule has 9 heteroatoms. The highest BCUT2D eigenvalue weighted by Crippen LogP contribution is 2.35. The predicted molar refractivity (Wildman–Crippen MR) is 184 cm³/mol. The van der Waals surface area contributed by atoms with Gasteiger partial charge in [0.05, 0.1) is 6.57 Å². The van der Waals surface area contributed by atoms with Crippen LogP contribution in [0.4, 0.5) is 21.0 Å². The first kappa shape index (κ1) is 35.9. The second-order valence-electron chi connectivity index (χ2n) is 15.6. The summed E-state index contributed by atoms with van der Waals surface area (Å²) in [6.45, 7) is 26.4. The summed E-state index contributed by atoms with van der Waals surface area (Å²) in [6, 6.07) is 7.93. The molecule has 0 unspecified atom stereocenters. The maximum atomic E-state index is 12.2. The molecular formula is C37H59N5O4. The van der Waals surface area contributed by atoms with Gasteiger partial charge in [0.2, 0.25) is 0 Å². The summed E-state index contributed by atoms with van der Waals surface area (Å²) in [5.74, 6) is 3.14. The van der Waals surface area contributed by atoms with Gasteiger partial charge in [-0.2, -0.15) is 0 Å². The maximum Gasteiger partial charge on any atom is 0.410 e. The van der Waals surface area contributed by atoms with Crippen molar-refractivity contribution >= 4 is 23.6 Å². The number of hydrogen-bond donors (Lipinski definition) is 1. The number of piperidine rings is 4. The predicted octanol–water partition coefficient (Wildman–Crippen LogP) is 7.73. The smallest absolute Gasteiger partial charge is 0.410 e. The van der Waals surface area contributed by atoms with E-state index in [1.54, 1.807) is 0 Å². The molecule has 1 aromatic carbocycles. The zero-order chi connectivity index (χ0) is 33.3. The molecular weight excluding hydrogens is 578 g/mol. The summed E-state index contributed by atoms with van der Waals surface area (Å²) in [5.41, 5.74) is 1.11. The Hall–Kier alpha value is -2.99. The number of nitrogens with one attached hydrogen (secondary N) is 1. The minimum atomic E-state index is -0.423. The Morgan fingerprint density at radius 3 is 1.39 bits per heavy atom. The van der Waals surface area contributed by atoms with E-state index < -0.39 is 5.60 Å². The number of rotatable bonds is 3. The van der Waals surface area contributed by atoms with Gasteiger partial charge in [0.25, 0.3) is 0 Å². The number of benzene rings is 1. The minimum absolute atomic E-state index is 0.142. The molecule has 0 aromatic heterocycles. The second kappa shape index (κ2) is 16.2. The van der Waals surface area contributed by atoms with Crippen LogP contribution in [0.25, 0.3) is 4.85 Å². The second-order valence-corrected chi connectivity index (χ2v) is 15.6. The highest BCUT2D eigenvalue weighted by atomic mass is 16.6. The van der Waals surface area contributed by atoms with Gasteiger partial charge >= 0.3 is 12.2 Å². The molecule has 4 saturated heterocycles. The van der Waals surface area contributed by atoms with Gasteiger partial charge in [0.15, 0.2) is 5.69 Å². The Morgan fingerprint density at radius 1 is 0.652 bits per heavy atom. The van der Waals surface area contributed by atoms with E-state index in [-0.39, 0.29) is 17.8 Å². The van der Waals surface area contributed by atoms with Gasteiger partial charge in [0.1, 0.15) is 11.2 Å². The average molecular weight is 638 g/mol. The Kier molecular flexibility index (Phi) is 12.6. The van der Waals surface area contributed by atoms with Crippen molar-refractivity contribution < 1.29 is 19.1 Å². The van der Waals surface area contributed by atoms with E-state index in [2.05, 4.69) is 27.2 Å². The molecule has 0 bridgehead atoms. The molecule has 256 valence electrons. The number of amides is 2. The van der Waals surface area contributed by atoms with Crippen molar-refractivity contribution in [2.24, 2.45) is 23.7 Å². The summed E-state index contributed by atoms with van der Waals surface area (Å²) in [4.78, 5) is 33.9. The van der Waals surface area contributed by atoms with Crippen LogP contribution in [0.2, 0.25) is 0 Å². The van der Waals surface area contributed by atoms with Crippen LogP contribution in [0, 0.1) is 30.2 Å². The van der Waals surface area contributed by atoms with Crippen molar-refractivity contribution in [3.05, 3.63) is 35.7 Å². The van der Waals surface area contributed by atoms with Gasteiger partial charge in [0, 0.05) is 45.0 Å². The zero-order valence-corrected chi connectivity index (χ0v) is 29.4. The van der Waals surface area contributed by atoms with Crippen molar-refractivity contribution in [3.8, 4) is 0 Å². The third-order valence-electron chi connectivity index (χ3n) is 9.98. The molecule has 0 spiro atoms. The lowest BCUT2D eigenvalue weighted by Crippen LogP contribution is -2.44. The van der Waals surface area contributed by atoms with Crippen LogP contribution in [-0.2, 0) is 9.47 Å². The van der Waals surface area contributed by atoms with E-state index in [9.17, 15) is 9.59 Å². The summed E-state index contributed by atoms with van der Waals surface area (Å²) >= 11 is 0. The molecule has 0 saturated carbocycles. The van der Waals surface area contributed by atoms with Crippen LogP contribution < -0.4 is 10.2 Å². The summed E-state index contributed by atoms with van der Waals surface area (Å²) in [6.07, 6.45) is 9.17. The number of ether oxygens (including phenoxy) is 2. The third-order valence-corrected chi connectivity index (χ3v) is 9.98. The standard InChI is InChI=1S/C22H31N3O2.C15H28N2O2/c1-22(2,3)27-21(26)25-15-11-18(12-16-25)17-9-13-24(14-10-17)20-7-5-19(23-4)6-8-20;1-15(2,3)19-14(18)17-10-6-13(7-11-17)12-4-8-16-9-5-12/h5-8,17-18H,9-16H2,1-3H3;12-13,16H,4-11H2,1-3H3. The molecule has 4 aliphatic heterocycles. The Labute approximate surface area is 278 Å². The van der Waals surface area contributed by atoms with Gasteiger partial charge in [-0.25, -0.2) is 14.4 Å². The number of likely N-dealkylation sites (tertiary alicyclic amines) is 2. The largest absolute Gasteiger partial charge is 0.444 e. The van der Waals surface area contributed by atoms with Gasteiger partial charge in [-0.3, -0.25) is 0 Å². The van der Waals surface area contributed by atoms with E-state index in [0.717, 1.165) is 102 Å². The average Bonchev–Trinajstić information content (AvgIpc) is 3.04. The molecule has 1 N–H and O–H groups in total. The number of carbonyl (C=O) groups is 2. The Balaban J connectivity index is 0.000000222. The fourth-order valence-corrected chi connectivity index (χ4v) is 7.44. The third kappa shape index (κ3) is 11.1. The lowest BCUT2D eigenvalue weighted by Gasteiger charge is -2.41. The first-order valence-electron chi connectivity index (χ1n) is 17.7. The van der Waals surface area contributed by atoms with E-state index in [4.69, 9.17) is 16.0 Å². The topological polar surface area (TPSA) is 78.7 Å². The zero-order valence-electron chi connectivity index (χ0n) is 29.4. The molecule has 1 aromatic rings. The van der Waals surface area contributed by atoms with Gasteiger partial charge in [-0.1, -0.05) is 12.1 Å². The molecule has 0 aliphatic carbocycles. The van der Waals surface area contributed by atoms with Crippen LogP contribution >= 0.6 is 0 Å². The van der Waals surface area contributed by atoms with Crippen LogP contribution in [0.15, 0.2) is 24.3 Å².